The van der Waals surface area contributed by atoms with Gasteiger partial charge in [0.25, 0.3) is 0 Å². The summed E-state index contributed by atoms with van der Waals surface area (Å²) in [4.78, 5) is 3.91. The molecule has 10 heavy (non-hydrogen) atoms. The van der Waals surface area contributed by atoms with E-state index < -0.39 is 0 Å². The maximum Gasteiger partial charge on any atom is 0.142 e. The minimum Gasteiger partial charge on any atom is -0.490 e. The van der Waals surface area contributed by atoms with Gasteiger partial charge in [0.05, 0.1) is 12.2 Å². The minimum atomic E-state index is 0.0398. The molecule has 0 saturated carbocycles. The number of rotatable bonds is 0. The van der Waals surface area contributed by atoms with E-state index in [-0.39, 0.29) is 6.04 Å². The topological polar surface area (TPSA) is 48.1 Å². The Morgan fingerprint density at radius 1 is 1.70 bits per heavy atom. The van der Waals surface area contributed by atoms with Gasteiger partial charge in [-0.2, -0.15) is 0 Å². The van der Waals surface area contributed by atoms with E-state index in [0.29, 0.717) is 6.61 Å². The number of fused-ring (bicyclic) bond motifs is 1. The second kappa shape index (κ2) is 1.95. The maximum absolute atomic E-state index is 5.69. The summed E-state index contributed by atoms with van der Waals surface area (Å²) in [6.07, 6.45) is 3.43. The zero-order chi connectivity index (χ0) is 6.97. The Morgan fingerprint density at radius 2 is 2.60 bits per heavy atom. The molecular formula is C7H8N2O. The van der Waals surface area contributed by atoms with Crippen molar-refractivity contribution < 1.29 is 4.74 Å². The molecule has 2 N–H and O–H groups in total. The van der Waals surface area contributed by atoms with Gasteiger partial charge >= 0.3 is 0 Å². The molecule has 2 rings (SSSR count). The highest BCUT2D eigenvalue weighted by Crippen LogP contribution is 2.28. The molecule has 1 aromatic rings. The smallest absolute Gasteiger partial charge is 0.142 e. The number of hydrogen-bond acceptors (Lipinski definition) is 3. The van der Waals surface area contributed by atoms with Gasteiger partial charge < -0.3 is 10.5 Å². The van der Waals surface area contributed by atoms with E-state index in [2.05, 4.69) is 4.98 Å². The van der Waals surface area contributed by atoms with E-state index in [0.717, 1.165) is 11.3 Å². The molecule has 0 fully saturated rings. The zero-order valence-electron chi connectivity index (χ0n) is 5.45. The van der Waals surface area contributed by atoms with Gasteiger partial charge in [0, 0.05) is 11.8 Å². The molecule has 52 valence electrons. The molecule has 3 heteroatoms. The van der Waals surface area contributed by atoms with Gasteiger partial charge in [-0.1, -0.05) is 0 Å². The molecule has 0 saturated heterocycles. The van der Waals surface area contributed by atoms with Crippen LogP contribution in [0.1, 0.15) is 11.6 Å². The van der Waals surface area contributed by atoms with Gasteiger partial charge in [-0.3, -0.25) is 4.98 Å². The van der Waals surface area contributed by atoms with E-state index in [1.165, 1.54) is 0 Å². The first-order chi connectivity index (χ1) is 4.88. The standard InChI is InChI=1S/C7H8N2O/c8-6-4-10-7-3-9-2-1-5(6)7/h1-3,6H,4,8H2. The van der Waals surface area contributed by atoms with E-state index in [1.54, 1.807) is 12.4 Å². The molecule has 3 nitrogen and oxygen atoms in total. The quantitative estimate of drug-likeness (QED) is 0.564. The van der Waals surface area contributed by atoms with Crippen LogP contribution in [0.15, 0.2) is 18.5 Å². The molecule has 0 aliphatic carbocycles. The van der Waals surface area contributed by atoms with Crippen molar-refractivity contribution in [2.75, 3.05) is 6.61 Å². The lowest BCUT2D eigenvalue weighted by Crippen LogP contribution is -2.10. The molecule has 0 radical (unpaired) electrons. The highest BCUT2D eigenvalue weighted by Gasteiger charge is 2.19. The van der Waals surface area contributed by atoms with Gasteiger partial charge in [0.2, 0.25) is 0 Å². The predicted molar refractivity (Wildman–Crippen MR) is 36.7 cm³/mol. The van der Waals surface area contributed by atoms with Crippen LogP contribution in [0, 0.1) is 0 Å². The van der Waals surface area contributed by atoms with Crippen molar-refractivity contribution >= 4 is 0 Å². The number of pyridine rings is 1. The van der Waals surface area contributed by atoms with Crippen LogP contribution in [-0.4, -0.2) is 11.6 Å². The maximum atomic E-state index is 5.69. The third-order valence-electron chi connectivity index (χ3n) is 1.63. The van der Waals surface area contributed by atoms with Crippen LogP contribution in [0.2, 0.25) is 0 Å². The van der Waals surface area contributed by atoms with Crippen LogP contribution >= 0.6 is 0 Å². The average Bonchev–Trinajstić information content (AvgIpc) is 2.34. The summed E-state index contributed by atoms with van der Waals surface area (Å²) in [5.41, 5.74) is 6.76. The van der Waals surface area contributed by atoms with Crippen LogP contribution in [0.3, 0.4) is 0 Å². The number of nitrogens with two attached hydrogens (primary N) is 1. The number of aromatic nitrogens is 1. The summed E-state index contributed by atoms with van der Waals surface area (Å²) < 4.78 is 5.22. The van der Waals surface area contributed by atoms with Crippen LogP contribution < -0.4 is 10.5 Å². The van der Waals surface area contributed by atoms with E-state index in [9.17, 15) is 0 Å². The van der Waals surface area contributed by atoms with E-state index >= 15 is 0 Å². The van der Waals surface area contributed by atoms with Crippen LogP contribution in [0.5, 0.6) is 5.75 Å². The van der Waals surface area contributed by atoms with Gasteiger partial charge in [0.1, 0.15) is 12.4 Å². The molecule has 0 spiro atoms. The Labute approximate surface area is 58.8 Å². The van der Waals surface area contributed by atoms with E-state index in [4.69, 9.17) is 10.5 Å². The van der Waals surface area contributed by atoms with Crippen molar-refractivity contribution in [3.05, 3.63) is 24.0 Å². The summed E-state index contributed by atoms with van der Waals surface area (Å²) in [5, 5.41) is 0. The Balaban J connectivity index is 2.51. The minimum absolute atomic E-state index is 0.0398. The fourth-order valence-corrected chi connectivity index (χ4v) is 1.09. The number of hydrogen-bond donors (Lipinski definition) is 1. The van der Waals surface area contributed by atoms with E-state index in [1.807, 2.05) is 6.07 Å². The zero-order valence-corrected chi connectivity index (χ0v) is 5.45. The molecule has 1 aromatic heterocycles. The third kappa shape index (κ3) is 0.675. The Morgan fingerprint density at radius 3 is 3.40 bits per heavy atom. The first-order valence-electron chi connectivity index (χ1n) is 3.20. The van der Waals surface area contributed by atoms with Gasteiger partial charge in [0.15, 0.2) is 0 Å². The van der Waals surface area contributed by atoms with Crippen molar-refractivity contribution in [2.45, 2.75) is 6.04 Å². The van der Waals surface area contributed by atoms with Crippen molar-refractivity contribution in [3.8, 4) is 5.75 Å². The molecule has 1 aliphatic rings. The van der Waals surface area contributed by atoms with Crippen molar-refractivity contribution in [3.63, 3.8) is 0 Å². The lowest BCUT2D eigenvalue weighted by atomic mass is 10.1. The summed E-state index contributed by atoms with van der Waals surface area (Å²) in [7, 11) is 0. The second-order valence-corrected chi connectivity index (χ2v) is 2.33. The van der Waals surface area contributed by atoms with Crippen LogP contribution in [0.4, 0.5) is 0 Å². The average molecular weight is 136 g/mol. The Hall–Kier alpha value is -1.09. The Kier molecular flexibility index (Phi) is 1.11. The first-order valence-corrected chi connectivity index (χ1v) is 3.20. The number of nitrogens with zero attached hydrogens (tertiary/aromatic N) is 1. The van der Waals surface area contributed by atoms with Gasteiger partial charge in [-0.05, 0) is 6.07 Å². The van der Waals surface area contributed by atoms with Crippen LogP contribution in [-0.2, 0) is 0 Å². The predicted octanol–water partition coefficient (Wildman–Crippen LogP) is 0.474. The molecule has 1 atom stereocenters. The normalized spacial score (nSPS) is 21.9. The highest BCUT2D eigenvalue weighted by molar-refractivity contribution is 5.35. The van der Waals surface area contributed by atoms with Crippen molar-refractivity contribution in [2.24, 2.45) is 5.73 Å². The van der Waals surface area contributed by atoms with Gasteiger partial charge in [-0.15, -0.1) is 0 Å². The third-order valence-corrected chi connectivity index (χ3v) is 1.63. The molecular weight excluding hydrogens is 128 g/mol. The molecule has 1 aliphatic heterocycles. The van der Waals surface area contributed by atoms with Gasteiger partial charge in [-0.25, -0.2) is 0 Å². The molecule has 0 amide bonds. The molecule has 0 aromatic carbocycles. The molecule has 1 unspecified atom stereocenters. The summed E-state index contributed by atoms with van der Waals surface area (Å²) in [5.74, 6) is 0.829. The molecule has 0 bridgehead atoms. The molecule has 2 heterocycles. The SMILES string of the molecule is NC1COc2cnccc21. The highest BCUT2D eigenvalue weighted by atomic mass is 16.5. The fraction of sp³-hybridized carbons (Fsp3) is 0.286. The first kappa shape index (κ1) is 5.68. The summed E-state index contributed by atoms with van der Waals surface area (Å²) in [6, 6.07) is 1.94. The fourth-order valence-electron chi connectivity index (χ4n) is 1.09. The second-order valence-electron chi connectivity index (χ2n) is 2.33. The Bertz CT molecular complexity index is 249. The lowest BCUT2D eigenvalue weighted by molar-refractivity contribution is 0.332. The summed E-state index contributed by atoms with van der Waals surface area (Å²) >= 11 is 0. The summed E-state index contributed by atoms with van der Waals surface area (Å²) in [6.45, 7) is 0.584. The van der Waals surface area contributed by atoms with Crippen LogP contribution in [0.25, 0.3) is 0 Å². The lowest BCUT2D eigenvalue weighted by Gasteiger charge is -1.96. The van der Waals surface area contributed by atoms with Crippen molar-refractivity contribution in [1.29, 1.82) is 0 Å². The largest absolute Gasteiger partial charge is 0.490 e. The van der Waals surface area contributed by atoms with Crippen molar-refractivity contribution in [1.82, 2.24) is 4.98 Å². The number of ether oxygens (including phenoxy) is 1. The monoisotopic (exact) mass is 136 g/mol.